The number of halogens is 2. The first-order chi connectivity index (χ1) is 15.3. The molecule has 3 heterocycles. The summed E-state index contributed by atoms with van der Waals surface area (Å²) in [4.78, 5) is 13.5. The van der Waals surface area contributed by atoms with Crippen molar-refractivity contribution < 1.29 is 0 Å². The zero-order valence-corrected chi connectivity index (χ0v) is 21.3. The smallest absolute Gasteiger partial charge is 0.187 e. The molecule has 10 heteroatoms. The second-order valence-electron chi connectivity index (χ2n) is 8.61. The van der Waals surface area contributed by atoms with E-state index < -0.39 is 0 Å². The molecule has 2 aromatic heterocycles. The van der Waals surface area contributed by atoms with E-state index >= 15 is 0 Å². The van der Waals surface area contributed by atoms with Crippen LogP contribution in [0.4, 0.5) is 17.2 Å². The molecule has 1 aliphatic rings. The Hall–Kier alpha value is -2.10. The molecule has 0 saturated carbocycles. The number of fused-ring (bicyclic) bond motifs is 1. The number of hydrogen-bond donors (Lipinski definition) is 3. The molecule has 3 aromatic rings. The summed E-state index contributed by atoms with van der Waals surface area (Å²) in [7, 11) is 0. The Labute approximate surface area is 202 Å². The van der Waals surface area contributed by atoms with Crippen LogP contribution in [0.5, 0.6) is 0 Å². The number of piperazine rings is 1. The van der Waals surface area contributed by atoms with Gasteiger partial charge in [0.25, 0.3) is 0 Å². The molecule has 172 valence electrons. The molecule has 1 aromatic carbocycles. The predicted octanol–water partition coefficient (Wildman–Crippen LogP) is 4.20. The Balaban J connectivity index is 1.48. The Kier molecular flexibility index (Phi) is 7.07. The van der Waals surface area contributed by atoms with Crippen molar-refractivity contribution in [2.75, 3.05) is 47.8 Å². The fourth-order valence-electron chi connectivity index (χ4n) is 4.08. The average Bonchev–Trinajstić information content (AvgIpc) is 3.16. The Morgan fingerprint density at radius 1 is 1.12 bits per heavy atom. The van der Waals surface area contributed by atoms with Gasteiger partial charge in [0, 0.05) is 61.2 Å². The first-order valence-corrected chi connectivity index (χ1v) is 12.1. The standard InChI is InChI=1S/C22H30BrClN8/c1-13(2)25-11-14(3)28-17-9-16(24)10-18(15(17)4)31-5-7-32(8-6-31)22-19-20(23)29-30-21(19)26-12-27-22/h9-10,12-14,25,28H,5-8,11H2,1-4H3,(H,26,27,29,30). The molecule has 1 atom stereocenters. The first kappa shape index (κ1) is 23.1. The Morgan fingerprint density at radius 3 is 2.56 bits per heavy atom. The molecule has 0 amide bonds. The Bertz CT molecular complexity index is 1080. The molecule has 0 bridgehead atoms. The second kappa shape index (κ2) is 9.80. The van der Waals surface area contributed by atoms with E-state index in [0.29, 0.717) is 17.7 Å². The highest BCUT2D eigenvalue weighted by Crippen LogP contribution is 2.34. The molecule has 1 saturated heterocycles. The van der Waals surface area contributed by atoms with Gasteiger partial charge in [-0.2, -0.15) is 5.10 Å². The van der Waals surface area contributed by atoms with Gasteiger partial charge >= 0.3 is 0 Å². The van der Waals surface area contributed by atoms with E-state index in [2.05, 4.69) is 90.3 Å². The number of nitrogens with zero attached hydrogens (tertiary/aromatic N) is 5. The minimum Gasteiger partial charge on any atom is -0.381 e. The van der Waals surface area contributed by atoms with Crippen LogP contribution in [0.1, 0.15) is 26.3 Å². The summed E-state index contributed by atoms with van der Waals surface area (Å²) in [6.07, 6.45) is 1.58. The third-order valence-corrected chi connectivity index (χ3v) is 6.58. The van der Waals surface area contributed by atoms with E-state index in [1.807, 2.05) is 6.07 Å². The van der Waals surface area contributed by atoms with Crippen molar-refractivity contribution in [3.8, 4) is 0 Å². The number of rotatable bonds is 7. The van der Waals surface area contributed by atoms with Crippen molar-refractivity contribution in [2.45, 2.75) is 39.8 Å². The highest BCUT2D eigenvalue weighted by molar-refractivity contribution is 9.10. The molecule has 4 rings (SSSR count). The number of nitrogens with one attached hydrogen (secondary N) is 3. The summed E-state index contributed by atoms with van der Waals surface area (Å²) in [6, 6.07) is 4.86. The van der Waals surface area contributed by atoms with Crippen LogP contribution >= 0.6 is 27.5 Å². The number of H-pyrrole nitrogens is 1. The molecule has 1 unspecified atom stereocenters. The van der Waals surface area contributed by atoms with Gasteiger partial charge in [-0.05, 0) is 47.5 Å². The van der Waals surface area contributed by atoms with Crippen molar-refractivity contribution in [3.05, 3.63) is 33.6 Å². The van der Waals surface area contributed by atoms with Crippen LogP contribution in [0.15, 0.2) is 23.1 Å². The lowest BCUT2D eigenvalue weighted by atomic mass is 10.1. The van der Waals surface area contributed by atoms with Gasteiger partial charge in [0.1, 0.15) is 16.7 Å². The van der Waals surface area contributed by atoms with E-state index in [-0.39, 0.29) is 0 Å². The van der Waals surface area contributed by atoms with Gasteiger partial charge in [0.05, 0.1) is 5.39 Å². The lowest BCUT2D eigenvalue weighted by Gasteiger charge is -2.38. The zero-order valence-electron chi connectivity index (χ0n) is 18.9. The van der Waals surface area contributed by atoms with Crippen LogP contribution in [-0.4, -0.2) is 65.0 Å². The summed E-state index contributed by atoms with van der Waals surface area (Å²) in [5, 5.41) is 16.0. The summed E-state index contributed by atoms with van der Waals surface area (Å²) in [5.41, 5.74) is 4.17. The van der Waals surface area contributed by atoms with Crippen LogP contribution in [-0.2, 0) is 0 Å². The van der Waals surface area contributed by atoms with E-state index in [4.69, 9.17) is 11.6 Å². The molecule has 0 radical (unpaired) electrons. The van der Waals surface area contributed by atoms with Crippen LogP contribution in [0.2, 0.25) is 5.02 Å². The highest BCUT2D eigenvalue weighted by Gasteiger charge is 2.24. The number of aromatic amines is 1. The molecule has 32 heavy (non-hydrogen) atoms. The third kappa shape index (κ3) is 4.94. The van der Waals surface area contributed by atoms with Gasteiger partial charge < -0.3 is 20.4 Å². The largest absolute Gasteiger partial charge is 0.381 e. The first-order valence-electron chi connectivity index (χ1n) is 11.0. The normalized spacial score (nSPS) is 15.6. The molecule has 3 N–H and O–H groups in total. The molecular formula is C22H30BrClN8. The fourth-order valence-corrected chi connectivity index (χ4v) is 4.73. The van der Waals surface area contributed by atoms with E-state index in [9.17, 15) is 0 Å². The maximum absolute atomic E-state index is 6.52. The summed E-state index contributed by atoms with van der Waals surface area (Å²) in [5.74, 6) is 0.909. The monoisotopic (exact) mass is 520 g/mol. The van der Waals surface area contributed by atoms with Crippen molar-refractivity contribution in [1.29, 1.82) is 0 Å². The molecular weight excluding hydrogens is 492 g/mol. The predicted molar refractivity (Wildman–Crippen MR) is 136 cm³/mol. The van der Waals surface area contributed by atoms with Gasteiger partial charge in [-0.15, -0.1) is 0 Å². The van der Waals surface area contributed by atoms with Gasteiger partial charge in [-0.25, -0.2) is 9.97 Å². The van der Waals surface area contributed by atoms with Crippen LogP contribution in [0.3, 0.4) is 0 Å². The average molecular weight is 522 g/mol. The maximum Gasteiger partial charge on any atom is 0.187 e. The van der Waals surface area contributed by atoms with E-state index in [1.54, 1.807) is 6.33 Å². The number of aromatic nitrogens is 4. The quantitative estimate of drug-likeness (QED) is 0.430. The van der Waals surface area contributed by atoms with Gasteiger partial charge in [0.2, 0.25) is 0 Å². The van der Waals surface area contributed by atoms with Gasteiger partial charge in [-0.1, -0.05) is 25.4 Å². The van der Waals surface area contributed by atoms with Crippen molar-refractivity contribution >= 4 is 55.8 Å². The molecule has 0 spiro atoms. The molecule has 1 fully saturated rings. The fraction of sp³-hybridized carbons (Fsp3) is 0.500. The maximum atomic E-state index is 6.52. The van der Waals surface area contributed by atoms with Gasteiger partial charge in [0.15, 0.2) is 5.65 Å². The van der Waals surface area contributed by atoms with Crippen molar-refractivity contribution in [1.82, 2.24) is 25.5 Å². The van der Waals surface area contributed by atoms with Gasteiger partial charge in [-0.3, -0.25) is 5.10 Å². The number of benzene rings is 1. The summed E-state index contributed by atoms with van der Waals surface area (Å²) < 4.78 is 0.813. The summed E-state index contributed by atoms with van der Waals surface area (Å²) in [6.45, 7) is 13.0. The van der Waals surface area contributed by atoms with E-state index in [1.165, 1.54) is 11.3 Å². The molecule has 1 aliphatic heterocycles. The van der Waals surface area contributed by atoms with Crippen molar-refractivity contribution in [2.24, 2.45) is 0 Å². The summed E-state index contributed by atoms with van der Waals surface area (Å²) >= 11 is 10.1. The minimum absolute atomic E-state index is 0.299. The zero-order chi connectivity index (χ0) is 22.8. The van der Waals surface area contributed by atoms with Crippen LogP contribution in [0, 0.1) is 6.92 Å². The third-order valence-electron chi connectivity index (χ3n) is 5.79. The number of hydrogen-bond acceptors (Lipinski definition) is 7. The SMILES string of the molecule is Cc1c(NC(C)CNC(C)C)cc(Cl)cc1N1CCN(c2ncnc3n[nH]c(Br)c23)CC1. The second-order valence-corrected chi connectivity index (χ2v) is 9.84. The highest BCUT2D eigenvalue weighted by atomic mass is 79.9. The molecule has 0 aliphatic carbocycles. The number of anilines is 3. The van der Waals surface area contributed by atoms with Crippen LogP contribution < -0.4 is 20.4 Å². The minimum atomic E-state index is 0.299. The van der Waals surface area contributed by atoms with Crippen molar-refractivity contribution in [3.63, 3.8) is 0 Å². The topological polar surface area (TPSA) is 85.0 Å². The van der Waals surface area contributed by atoms with Crippen LogP contribution in [0.25, 0.3) is 11.0 Å². The lowest BCUT2D eigenvalue weighted by Crippen LogP contribution is -2.47. The Morgan fingerprint density at radius 2 is 1.84 bits per heavy atom. The van der Waals surface area contributed by atoms with E-state index in [0.717, 1.165) is 59.2 Å². The molecule has 8 nitrogen and oxygen atoms in total. The lowest BCUT2D eigenvalue weighted by molar-refractivity contribution is 0.559.